The normalized spacial score (nSPS) is 11.2. The van der Waals surface area contributed by atoms with Crippen LogP contribution >= 0.6 is 11.6 Å². The first-order valence-electron chi connectivity index (χ1n) is 5.44. The first-order valence-corrected chi connectivity index (χ1v) is 5.97. The van der Waals surface area contributed by atoms with Crippen molar-refractivity contribution >= 4 is 33.3 Å². The van der Waals surface area contributed by atoms with E-state index in [2.05, 4.69) is 0 Å². The van der Waals surface area contributed by atoms with Gasteiger partial charge >= 0.3 is 5.63 Å². The number of hydrogen-bond acceptors (Lipinski definition) is 3. The molecule has 0 amide bonds. The highest BCUT2D eigenvalue weighted by atomic mass is 35.5. The topological polar surface area (TPSA) is 50.4 Å². The molecule has 0 atom stereocenters. The van der Waals surface area contributed by atoms with Crippen LogP contribution in [0.4, 0.5) is 0 Å². The number of rotatable bonds is 1. The Morgan fingerprint density at radius 2 is 1.89 bits per heavy atom. The van der Waals surface area contributed by atoms with Crippen molar-refractivity contribution in [2.24, 2.45) is 0 Å². The third-order valence-corrected chi connectivity index (χ3v) is 3.24. The average molecular weight is 261 g/mol. The molecule has 18 heavy (non-hydrogen) atoms. The molecular formula is C14H9ClO3. The van der Waals surface area contributed by atoms with E-state index in [1.165, 1.54) is 12.1 Å². The summed E-state index contributed by atoms with van der Waals surface area (Å²) in [4.78, 5) is 11.4. The lowest BCUT2D eigenvalue weighted by Gasteiger charge is -2.08. The molecule has 0 aliphatic heterocycles. The summed E-state index contributed by atoms with van der Waals surface area (Å²) in [6.45, 7) is 0. The van der Waals surface area contributed by atoms with Gasteiger partial charge in [-0.3, -0.25) is 0 Å². The van der Waals surface area contributed by atoms with Crippen LogP contribution in [0.2, 0.25) is 0 Å². The van der Waals surface area contributed by atoms with Gasteiger partial charge in [-0.25, -0.2) is 4.79 Å². The van der Waals surface area contributed by atoms with Gasteiger partial charge in [0.25, 0.3) is 0 Å². The number of phenolic OH excluding ortho intramolecular Hbond substituents is 1. The van der Waals surface area contributed by atoms with E-state index in [9.17, 15) is 9.90 Å². The highest BCUT2D eigenvalue weighted by molar-refractivity contribution is 6.19. The van der Waals surface area contributed by atoms with E-state index in [-0.39, 0.29) is 11.6 Å². The second-order valence-corrected chi connectivity index (χ2v) is 4.31. The molecule has 3 rings (SSSR count). The Bertz CT molecular complexity index is 805. The van der Waals surface area contributed by atoms with Gasteiger partial charge in [0.1, 0.15) is 11.3 Å². The van der Waals surface area contributed by atoms with E-state index in [4.69, 9.17) is 16.0 Å². The Kier molecular flexibility index (Phi) is 2.49. The van der Waals surface area contributed by atoms with E-state index in [0.717, 1.165) is 10.8 Å². The number of aromatic hydroxyl groups is 1. The van der Waals surface area contributed by atoms with E-state index in [0.29, 0.717) is 16.5 Å². The van der Waals surface area contributed by atoms with Crippen molar-refractivity contribution in [1.82, 2.24) is 0 Å². The predicted octanol–water partition coefficient (Wildman–Crippen LogP) is 3.39. The van der Waals surface area contributed by atoms with Crippen LogP contribution in [0, 0.1) is 0 Å². The molecule has 3 nitrogen and oxygen atoms in total. The zero-order chi connectivity index (χ0) is 12.7. The van der Waals surface area contributed by atoms with Crippen LogP contribution in [0.3, 0.4) is 0 Å². The van der Waals surface area contributed by atoms with Crippen LogP contribution in [-0.4, -0.2) is 5.11 Å². The number of benzene rings is 2. The fourth-order valence-electron chi connectivity index (χ4n) is 2.20. The summed E-state index contributed by atoms with van der Waals surface area (Å²) in [7, 11) is 0. The third kappa shape index (κ3) is 1.56. The number of phenols is 1. The molecule has 0 aliphatic rings. The molecule has 90 valence electrons. The predicted molar refractivity (Wildman–Crippen MR) is 71.2 cm³/mol. The highest BCUT2D eigenvalue weighted by Gasteiger charge is 2.11. The first-order chi connectivity index (χ1) is 8.70. The van der Waals surface area contributed by atoms with Crippen LogP contribution in [0.25, 0.3) is 21.7 Å². The Balaban J connectivity index is 2.64. The van der Waals surface area contributed by atoms with E-state index in [1.54, 1.807) is 0 Å². The quantitative estimate of drug-likeness (QED) is 0.414. The summed E-state index contributed by atoms with van der Waals surface area (Å²) < 4.78 is 5.12. The van der Waals surface area contributed by atoms with Crippen molar-refractivity contribution in [3.8, 4) is 5.75 Å². The van der Waals surface area contributed by atoms with E-state index >= 15 is 0 Å². The second-order valence-electron chi connectivity index (χ2n) is 4.04. The Labute approximate surface area is 107 Å². The summed E-state index contributed by atoms with van der Waals surface area (Å²) in [5, 5.41) is 12.2. The van der Waals surface area contributed by atoms with Gasteiger partial charge in [-0.1, -0.05) is 24.3 Å². The minimum absolute atomic E-state index is 0.0907. The molecule has 2 aromatic carbocycles. The van der Waals surface area contributed by atoms with Crippen molar-refractivity contribution in [3.05, 3.63) is 52.4 Å². The van der Waals surface area contributed by atoms with E-state index in [1.807, 2.05) is 24.3 Å². The average Bonchev–Trinajstić information content (AvgIpc) is 2.37. The maximum atomic E-state index is 11.4. The number of fused-ring (bicyclic) bond motifs is 3. The molecule has 0 bridgehead atoms. The summed E-state index contributed by atoms with van der Waals surface area (Å²) in [5.74, 6) is 0.310. The molecule has 0 aliphatic carbocycles. The molecule has 1 heterocycles. The van der Waals surface area contributed by atoms with Gasteiger partial charge in [-0.2, -0.15) is 0 Å². The lowest BCUT2D eigenvalue weighted by atomic mass is 10.0. The van der Waals surface area contributed by atoms with Crippen LogP contribution in [0.1, 0.15) is 5.56 Å². The SMILES string of the molecule is O=c1cc(CCl)c2c(cc(O)c3ccccc32)o1. The van der Waals surface area contributed by atoms with Crippen molar-refractivity contribution in [2.45, 2.75) is 5.88 Å². The van der Waals surface area contributed by atoms with Gasteiger partial charge in [0.05, 0.1) is 0 Å². The number of halogens is 1. The summed E-state index contributed by atoms with van der Waals surface area (Å²) >= 11 is 5.87. The molecule has 1 N–H and O–H groups in total. The molecule has 0 saturated heterocycles. The van der Waals surface area contributed by atoms with Gasteiger partial charge in [0, 0.05) is 28.8 Å². The van der Waals surface area contributed by atoms with Crippen molar-refractivity contribution in [1.29, 1.82) is 0 Å². The minimum Gasteiger partial charge on any atom is -0.507 e. The standard InChI is InChI=1S/C14H9ClO3/c15-7-8-5-13(17)18-12-6-11(16)9-3-1-2-4-10(9)14(8)12/h1-6,16H,7H2. The molecule has 0 radical (unpaired) electrons. The van der Waals surface area contributed by atoms with Gasteiger partial charge in [-0.05, 0) is 10.9 Å². The highest BCUT2D eigenvalue weighted by Crippen LogP contribution is 2.34. The molecule has 0 saturated carbocycles. The van der Waals surface area contributed by atoms with Crippen molar-refractivity contribution < 1.29 is 9.52 Å². The maximum absolute atomic E-state index is 11.4. The van der Waals surface area contributed by atoms with Gasteiger partial charge < -0.3 is 9.52 Å². The minimum atomic E-state index is -0.465. The Morgan fingerprint density at radius 1 is 1.17 bits per heavy atom. The van der Waals surface area contributed by atoms with Gasteiger partial charge in [0.15, 0.2) is 0 Å². The van der Waals surface area contributed by atoms with E-state index < -0.39 is 5.63 Å². The zero-order valence-electron chi connectivity index (χ0n) is 9.31. The lowest BCUT2D eigenvalue weighted by Crippen LogP contribution is -1.99. The van der Waals surface area contributed by atoms with Gasteiger partial charge in [0.2, 0.25) is 0 Å². The summed E-state index contributed by atoms with van der Waals surface area (Å²) in [6, 6.07) is 10.2. The molecule has 0 unspecified atom stereocenters. The third-order valence-electron chi connectivity index (χ3n) is 2.95. The summed E-state index contributed by atoms with van der Waals surface area (Å²) in [6.07, 6.45) is 0. The smallest absolute Gasteiger partial charge is 0.336 e. The molecule has 1 aromatic heterocycles. The molecule has 3 aromatic rings. The van der Waals surface area contributed by atoms with Crippen LogP contribution in [0.5, 0.6) is 5.75 Å². The summed E-state index contributed by atoms with van der Waals surface area (Å²) in [5.41, 5.74) is 0.598. The van der Waals surface area contributed by atoms with Crippen molar-refractivity contribution in [3.63, 3.8) is 0 Å². The van der Waals surface area contributed by atoms with Gasteiger partial charge in [-0.15, -0.1) is 11.6 Å². The second kappa shape index (κ2) is 4.03. The fraction of sp³-hybridized carbons (Fsp3) is 0.0714. The number of alkyl halides is 1. The largest absolute Gasteiger partial charge is 0.507 e. The Morgan fingerprint density at radius 3 is 2.61 bits per heavy atom. The number of hydrogen-bond donors (Lipinski definition) is 1. The lowest BCUT2D eigenvalue weighted by molar-refractivity contribution is 0.479. The monoisotopic (exact) mass is 260 g/mol. The molecule has 0 spiro atoms. The van der Waals surface area contributed by atoms with Crippen LogP contribution in [0.15, 0.2) is 45.6 Å². The van der Waals surface area contributed by atoms with Crippen LogP contribution in [-0.2, 0) is 5.88 Å². The zero-order valence-corrected chi connectivity index (χ0v) is 10.1. The first kappa shape index (κ1) is 11.1. The molecular weight excluding hydrogens is 252 g/mol. The maximum Gasteiger partial charge on any atom is 0.336 e. The molecule has 0 fully saturated rings. The molecule has 4 heteroatoms. The fourth-order valence-corrected chi connectivity index (χ4v) is 2.41. The Hall–Kier alpha value is -2.00. The van der Waals surface area contributed by atoms with Crippen LogP contribution < -0.4 is 5.63 Å². The van der Waals surface area contributed by atoms with Crippen molar-refractivity contribution in [2.75, 3.05) is 0 Å².